The van der Waals surface area contributed by atoms with Crippen molar-refractivity contribution in [3.05, 3.63) is 59.4 Å². The Bertz CT molecular complexity index is 445. The third-order valence-electron chi connectivity index (χ3n) is 2.69. The molecule has 1 aromatic carbocycles. The summed E-state index contributed by atoms with van der Waals surface area (Å²) < 4.78 is 2.13. The quantitative estimate of drug-likeness (QED) is 0.813. The first-order chi connectivity index (χ1) is 7.83. The molecule has 3 nitrogen and oxygen atoms in total. The Labute approximate surface area is 95.1 Å². The van der Waals surface area contributed by atoms with Crippen LogP contribution >= 0.6 is 0 Å². The standard InChI is InChI=1S/C13H16N2O/c14-8-13-2-1-7-15(13)9-11-3-5-12(10-16)6-4-11/h1-7,16H,8-10,14H2. The molecule has 2 aromatic rings. The van der Waals surface area contributed by atoms with E-state index in [1.54, 1.807) is 0 Å². The molecule has 3 N–H and O–H groups in total. The molecule has 0 aliphatic rings. The van der Waals surface area contributed by atoms with E-state index in [0.29, 0.717) is 6.54 Å². The maximum atomic E-state index is 8.95. The number of hydrogen-bond acceptors (Lipinski definition) is 2. The second kappa shape index (κ2) is 4.96. The summed E-state index contributed by atoms with van der Waals surface area (Å²) in [5.74, 6) is 0. The smallest absolute Gasteiger partial charge is 0.0681 e. The molecular weight excluding hydrogens is 200 g/mol. The summed E-state index contributed by atoms with van der Waals surface area (Å²) in [5, 5.41) is 8.95. The summed E-state index contributed by atoms with van der Waals surface area (Å²) in [4.78, 5) is 0. The Morgan fingerprint density at radius 1 is 1.06 bits per heavy atom. The van der Waals surface area contributed by atoms with Crippen LogP contribution in [0.4, 0.5) is 0 Å². The molecule has 0 aliphatic carbocycles. The minimum absolute atomic E-state index is 0.0951. The van der Waals surface area contributed by atoms with Gasteiger partial charge in [-0.1, -0.05) is 24.3 Å². The molecule has 84 valence electrons. The highest BCUT2D eigenvalue weighted by Gasteiger charge is 2.00. The van der Waals surface area contributed by atoms with Crippen molar-refractivity contribution >= 4 is 0 Å². The zero-order valence-electron chi connectivity index (χ0n) is 9.13. The normalized spacial score (nSPS) is 10.6. The zero-order valence-corrected chi connectivity index (χ0v) is 9.13. The van der Waals surface area contributed by atoms with Gasteiger partial charge in [-0.05, 0) is 23.3 Å². The molecule has 0 aliphatic heterocycles. The summed E-state index contributed by atoms with van der Waals surface area (Å²) in [5.41, 5.74) is 8.92. The van der Waals surface area contributed by atoms with E-state index >= 15 is 0 Å². The predicted molar refractivity (Wildman–Crippen MR) is 63.8 cm³/mol. The van der Waals surface area contributed by atoms with Gasteiger partial charge in [-0.15, -0.1) is 0 Å². The summed E-state index contributed by atoms with van der Waals surface area (Å²) in [6, 6.07) is 12.0. The van der Waals surface area contributed by atoms with Gasteiger partial charge in [0.2, 0.25) is 0 Å². The van der Waals surface area contributed by atoms with Crippen molar-refractivity contribution in [2.24, 2.45) is 5.73 Å². The zero-order chi connectivity index (χ0) is 11.4. The van der Waals surface area contributed by atoms with E-state index in [9.17, 15) is 0 Å². The van der Waals surface area contributed by atoms with Crippen LogP contribution in [0.3, 0.4) is 0 Å². The first-order valence-corrected chi connectivity index (χ1v) is 5.36. The summed E-state index contributed by atoms with van der Waals surface area (Å²) in [6.45, 7) is 1.48. The van der Waals surface area contributed by atoms with E-state index < -0.39 is 0 Å². The van der Waals surface area contributed by atoms with Crippen LogP contribution in [0.15, 0.2) is 42.6 Å². The third kappa shape index (κ3) is 2.32. The van der Waals surface area contributed by atoms with E-state index in [4.69, 9.17) is 10.8 Å². The maximum Gasteiger partial charge on any atom is 0.0681 e. The summed E-state index contributed by atoms with van der Waals surface area (Å²) in [6.07, 6.45) is 2.03. The molecule has 0 radical (unpaired) electrons. The van der Waals surface area contributed by atoms with E-state index in [1.165, 1.54) is 5.56 Å². The molecule has 1 aromatic heterocycles. The average Bonchev–Trinajstić information content (AvgIpc) is 2.77. The van der Waals surface area contributed by atoms with Gasteiger partial charge in [0.1, 0.15) is 0 Å². The summed E-state index contributed by atoms with van der Waals surface area (Å²) >= 11 is 0. The molecule has 0 amide bonds. The van der Waals surface area contributed by atoms with Crippen LogP contribution in [0.2, 0.25) is 0 Å². The fourth-order valence-electron chi connectivity index (χ4n) is 1.74. The van der Waals surface area contributed by atoms with Gasteiger partial charge in [-0.3, -0.25) is 0 Å². The van der Waals surface area contributed by atoms with Crippen LogP contribution < -0.4 is 5.73 Å². The van der Waals surface area contributed by atoms with Crippen molar-refractivity contribution in [3.8, 4) is 0 Å². The van der Waals surface area contributed by atoms with Crippen LogP contribution in [0.1, 0.15) is 16.8 Å². The molecular formula is C13H16N2O. The minimum Gasteiger partial charge on any atom is -0.392 e. The third-order valence-corrected chi connectivity index (χ3v) is 2.69. The van der Waals surface area contributed by atoms with Crippen molar-refractivity contribution in [1.29, 1.82) is 0 Å². The van der Waals surface area contributed by atoms with Gasteiger partial charge in [0.25, 0.3) is 0 Å². The van der Waals surface area contributed by atoms with Crippen LogP contribution in [0.25, 0.3) is 0 Å². The van der Waals surface area contributed by atoms with E-state index in [0.717, 1.165) is 17.8 Å². The largest absolute Gasteiger partial charge is 0.392 e. The number of nitrogens with two attached hydrogens (primary N) is 1. The van der Waals surface area contributed by atoms with Crippen molar-refractivity contribution in [3.63, 3.8) is 0 Å². The number of benzene rings is 1. The van der Waals surface area contributed by atoms with Gasteiger partial charge in [0, 0.05) is 25.0 Å². The SMILES string of the molecule is NCc1cccn1Cc1ccc(CO)cc1. The topological polar surface area (TPSA) is 51.2 Å². The van der Waals surface area contributed by atoms with Crippen molar-refractivity contribution in [2.75, 3.05) is 0 Å². The Balaban J connectivity index is 2.14. The first kappa shape index (κ1) is 10.9. The average molecular weight is 216 g/mol. The summed E-state index contributed by atoms with van der Waals surface area (Å²) in [7, 11) is 0. The Morgan fingerprint density at radius 3 is 2.38 bits per heavy atom. The Hall–Kier alpha value is -1.58. The van der Waals surface area contributed by atoms with E-state index in [-0.39, 0.29) is 6.61 Å². The monoisotopic (exact) mass is 216 g/mol. The number of aliphatic hydroxyl groups is 1. The molecule has 0 saturated carbocycles. The molecule has 0 spiro atoms. The van der Waals surface area contributed by atoms with Crippen LogP contribution in [0.5, 0.6) is 0 Å². The highest BCUT2D eigenvalue weighted by atomic mass is 16.3. The minimum atomic E-state index is 0.0951. The molecule has 1 heterocycles. The lowest BCUT2D eigenvalue weighted by atomic mass is 10.1. The molecule has 2 rings (SSSR count). The number of aliphatic hydroxyl groups excluding tert-OH is 1. The predicted octanol–water partition coefficient (Wildman–Crippen LogP) is 1.49. The Morgan fingerprint density at radius 2 is 1.75 bits per heavy atom. The molecule has 0 atom stereocenters. The first-order valence-electron chi connectivity index (χ1n) is 5.36. The highest BCUT2D eigenvalue weighted by Crippen LogP contribution is 2.09. The van der Waals surface area contributed by atoms with Gasteiger partial charge in [0.05, 0.1) is 6.61 Å². The van der Waals surface area contributed by atoms with Gasteiger partial charge >= 0.3 is 0 Å². The van der Waals surface area contributed by atoms with Crippen molar-refractivity contribution in [1.82, 2.24) is 4.57 Å². The van der Waals surface area contributed by atoms with Gasteiger partial charge in [0.15, 0.2) is 0 Å². The van der Waals surface area contributed by atoms with Crippen molar-refractivity contribution < 1.29 is 5.11 Å². The second-order valence-corrected chi connectivity index (χ2v) is 3.81. The fraction of sp³-hybridized carbons (Fsp3) is 0.231. The van der Waals surface area contributed by atoms with Gasteiger partial charge < -0.3 is 15.4 Å². The lowest BCUT2D eigenvalue weighted by Crippen LogP contribution is -2.07. The molecule has 16 heavy (non-hydrogen) atoms. The molecule has 0 fully saturated rings. The molecule has 0 saturated heterocycles. The lowest BCUT2D eigenvalue weighted by Gasteiger charge is -2.08. The fourth-order valence-corrected chi connectivity index (χ4v) is 1.74. The number of rotatable bonds is 4. The van der Waals surface area contributed by atoms with Crippen LogP contribution in [0, 0.1) is 0 Å². The van der Waals surface area contributed by atoms with E-state index in [1.807, 2.05) is 42.6 Å². The number of hydrogen-bond donors (Lipinski definition) is 2. The molecule has 0 bridgehead atoms. The van der Waals surface area contributed by atoms with Crippen LogP contribution in [-0.2, 0) is 19.7 Å². The second-order valence-electron chi connectivity index (χ2n) is 3.81. The highest BCUT2D eigenvalue weighted by molar-refractivity contribution is 5.23. The number of aromatic nitrogens is 1. The van der Waals surface area contributed by atoms with Crippen molar-refractivity contribution in [2.45, 2.75) is 19.7 Å². The van der Waals surface area contributed by atoms with Crippen LogP contribution in [-0.4, -0.2) is 9.67 Å². The van der Waals surface area contributed by atoms with E-state index in [2.05, 4.69) is 4.57 Å². The lowest BCUT2D eigenvalue weighted by molar-refractivity contribution is 0.282. The van der Waals surface area contributed by atoms with Gasteiger partial charge in [-0.2, -0.15) is 0 Å². The molecule has 0 unspecified atom stereocenters. The Kier molecular flexibility index (Phi) is 3.39. The molecule has 3 heteroatoms. The number of nitrogens with zero attached hydrogens (tertiary/aromatic N) is 1. The van der Waals surface area contributed by atoms with Gasteiger partial charge in [-0.25, -0.2) is 0 Å². The maximum absolute atomic E-state index is 8.95.